The van der Waals surface area contributed by atoms with Crippen LogP contribution in [0, 0.1) is 6.92 Å². The summed E-state index contributed by atoms with van der Waals surface area (Å²) in [7, 11) is 0. The number of imidazole rings is 1. The minimum atomic E-state index is -0.329. The summed E-state index contributed by atoms with van der Waals surface area (Å²) in [4.78, 5) is 16.9. The summed E-state index contributed by atoms with van der Waals surface area (Å²) >= 11 is 3.36. The molecule has 26 heavy (non-hydrogen) atoms. The van der Waals surface area contributed by atoms with Gasteiger partial charge in [-0.15, -0.1) is 0 Å². The average Bonchev–Trinajstić information content (AvgIpc) is 2.95. The molecule has 0 spiro atoms. The quantitative estimate of drug-likeness (QED) is 0.500. The van der Waals surface area contributed by atoms with E-state index in [0.29, 0.717) is 16.8 Å². The molecule has 0 aliphatic rings. The highest BCUT2D eigenvalue weighted by atomic mass is 79.9. The Hall–Kier alpha value is -2.67. The number of benzene rings is 2. The number of aromatic hydroxyl groups is 1. The van der Waals surface area contributed by atoms with Gasteiger partial charge in [-0.1, -0.05) is 15.9 Å². The van der Waals surface area contributed by atoms with Gasteiger partial charge in [0.1, 0.15) is 11.6 Å². The van der Waals surface area contributed by atoms with Crippen LogP contribution >= 0.6 is 15.9 Å². The molecule has 0 aliphatic heterocycles. The van der Waals surface area contributed by atoms with Crippen molar-refractivity contribution < 1.29 is 9.90 Å². The number of halogens is 1. The van der Waals surface area contributed by atoms with E-state index in [2.05, 4.69) is 42.9 Å². The number of aryl methyl sites for hydroxylation is 2. The highest BCUT2D eigenvalue weighted by molar-refractivity contribution is 9.10. The molecular weight excluding hydrogens is 396 g/mol. The number of rotatable bonds is 4. The Balaban J connectivity index is 1.83. The zero-order valence-corrected chi connectivity index (χ0v) is 16.3. The van der Waals surface area contributed by atoms with Crippen molar-refractivity contribution in [1.29, 1.82) is 0 Å². The maximum Gasteiger partial charge on any atom is 0.271 e. The number of carbonyl (C=O) groups excluding carboxylic acids is 1. The molecule has 1 amide bonds. The molecule has 3 aromatic rings. The van der Waals surface area contributed by atoms with Crippen molar-refractivity contribution in [1.82, 2.24) is 15.0 Å². The number of phenolic OH excluding ortho intramolecular Hbond substituents is 1. The third-order valence-electron chi connectivity index (χ3n) is 4.19. The third kappa shape index (κ3) is 3.48. The number of nitrogens with one attached hydrogen (secondary N) is 1. The molecule has 0 unspecified atom stereocenters. The predicted molar refractivity (Wildman–Crippen MR) is 106 cm³/mol. The van der Waals surface area contributed by atoms with Gasteiger partial charge in [0.15, 0.2) is 0 Å². The first kappa shape index (κ1) is 18.1. The van der Waals surface area contributed by atoms with Crippen molar-refractivity contribution in [2.24, 2.45) is 5.10 Å². The molecule has 6 nitrogen and oxygen atoms in total. The van der Waals surface area contributed by atoms with Crippen LogP contribution in [0.2, 0.25) is 0 Å². The Labute approximate surface area is 159 Å². The molecule has 7 heteroatoms. The highest BCUT2D eigenvalue weighted by Crippen LogP contribution is 2.22. The van der Waals surface area contributed by atoms with Crippen LogP contribution in [0.25, 0.3) is 11.0 Å². The van der Waals surface area contributed by atoms with E-state index in [9.17, 15) is 9.90 Å². The number of nitrogens with zero attached hydrogens (tertiary/aromatic N) is 3. The van der Waals surface area contributed by atoms with Crippen molar-refractivity contribution in [2.75, 3.05) is 0 Å². The van der Waals surface area contributed by atoms with E-state index < -0.39 is 0 Å². The van der Waals surface area contributed by atoms with Gasteiger partial charge < -0.3 is 9.67 Å². The van der Waals surface area contributed by atoms with Gasteiger partial charge in [-0.05, 0) is 57.2 Å². The number of amides is 1. The number of hydrogen-bond acceptors (Lipinski definition) is 4. The number of hydrogen-bond donors (Lipinski definition) is 2. The van der Waals surface area contributed by atoms with Gasteiger partial charge in [-0.25, -0.2) is 10.4 Å². The molecule has 2 N–H and O–H groups in total. The number of aromatic nitrogens is 2. The van der Waals surface area contributed by atoms with Crippen LogP contribution in [0.4, 0.5) is 0 Å². The predicted octanol–water partition coefficient (Wildman–Crippen LogP) is 3.99. The number of fused-ring (bicyclic) bond motifs is 1. The monoisotopic (exact) mass is 414 g/mol. The van der Waals surface area contributed by atoms with Gasteiger partial charge in [0.25, 0.3) is 5.91 Å². The maximum absolute atomic E-state index is 12.4. The standard InChI is InChI=1S/C19H19BrN4O2/c1-4-24-12(3)21-16-9-13(5-7-17(16)24)19(26)23-22-11(2)15-10-14(20)6-8-18(15)25/h5-10,25H,4H2,1-3H3,(H,23,26)/b22-11+. The Morgan fingerprint density at radius 1 is 1.31 bits per heavy atom. The molecule has 0 radical (unpaired) electrons. The number of hydrazone groups is 1. The van der Waals surface area contributed by atoms with Crippen LogP contribution in [0.15, 0.2) is 46.0 Å². The highest BCUT2D eigenvalue weighted by Gasteiger charge is 2.11. The minimum Gasteiger partial charge on any atom is -0.507 e. The molecule has 3 rings (SSSR count). The van der Waals surface area contributed by atoms with E-state index in [-0.39, 0.29) is 11.7 Å². The van der Waals surface area contributed by atoms with Crippen LogP contribution in [0.3, 0.4) is 0 Å². The van der Waals surface area contributed by atoms with Gasteiger partial charge in [0.05, 0.1) is 16.7 Å². The van der Waals surface area contributed by atoms with Gasteiger partial charge >= 0.3 is 0 Å². The van der Waals surface area contributed by atoms with Gasteiger partial charge in [-0.3, -0.25) is 4.79 Å². The number of phenols is 1. The molecule has 0 fully saturated rings. The molecule has 0 saturated carbocycles. The molecule has 0 atom stereocenters. The lowest BCUT2D eigenvalue weighted by Gasteiger charge is -2.06. The Morgan fingerprint density at radius 3 is 2.81 bits per heavy atom. The topological polar surface area (TPSA) is 79.5 Å². The second-order valence-electron chi connectivity index (χ2n) is 5.91. The van der Waals surface area contributed by atoms with Crippen molar-refractivity contribution in [3.05, 3.63) is 57.8 Å². The molecule has 2 aromatic carbocycles. The largest absolute Gasteiger partial charge is 0.507 e. The van der Waals surface area contributed by atoms with E-state index >= 15 is 0 Å². The first-order chi connectivity index (χ1) is 12.4. The summed E-state index contributed by atoms with van der Waals surface area (Å²) in [6.07, 6.45) is 0. The van der Waals surface area contributed by atoms with Crippen molar-refractivity contribution >= 4 is 38.6 Å². The molecule has 0 bridgehead atoms. The summed E-state index contributed by atoms with van der Waals surface area (Å²) in [6, 6.07) is 10.5. The van der Waals surface area contributed by atoms with Gasteiger partial charge in [0.2, 0.25) is 0 Å². The summed E-state index contributed by atoms with van der Waals surface area (Å²) in [5.74, 6) is 0.689. The smallest absolute Gasteiger partial charge is 0.271 e. The Morgan fingerprint density at radius 2 is 2.08 bits per heavy atom. The average molecular weight is 415 g/mol. The second-order valence-corrected chi connectivity index (χ2v) is 6.82. The molecule has 1 heterocycles. The SMILES string of the molecule is CCn1c(C)nc2cc(C(=O)N/N=C(\C)c3cc(Br)ccc3O)ccc21. The van der Waals surface area contributed by atoms with Crippen LogP contribution in [-0.4, -0.2) is 26.3 Å². The first-order valence-corrected chi connectivity index (χ1v) is 9.00. The lowest BCUT2D eigenvalue weighted by Crippen LogP contribution is -2.19. The van der Waals surface area contributed by atoms with Crippen LogP contribution in [-0.2, 0) is 6.54 Å². The molecule has 1 aromatic heterocycles. The second kappa shape index (κ2) is 7.29. The molecule has 134 valence electrons. The molecule has 0 aliphatic carbocycles. The fraction of sp³-hybridized carbons (Fsp3) is 0.211. The number of carbonyl (C=O) groups is 1. The summed E-state index contributed by atoms with van der Waals surface area (Å²) < 4.78 is 2.91. The zero-order chi connectivity index (χ0) is 18.8. The van der Waals surface area contributed by atoms with Crippen LogP contribution in [0.1, 0.15) is 35.6 Å². The fourth-order valence-electron chi connectivity index (χ4n) is 2.85. The van der Waals surface area contributed by atoms with Crippen molar-refractivity contribution in [3.8, 4) is 5.75 Å². The van der Waals surface area contributed by atoms with E-state index in [1.807, 2.05) is 13.0 Å². The Bertz CT molecular complexity index is 1020. The normalized spacial score (nSPS) is 11.8. The lowest BCUT2D eigenvalue weighted by atomic mass is 10.1. The van der Waals surface area contributed by atoms with Crippen LogP contribution < -0.4 is 5.43 Å². The van der Waals surface area contributed by atoms with E-state index in [4.69, 9.17) is 0 Å². The van der Waals surface area contributed by atoms with Crippen molar-refractivity contribution in [3.63, 3.8) is 0 Å². The third-order valence-corrected chi connectivity index (χ3v) is 4.68. The van der Waals surface area contributed by atoms with Gasteiger partial charge in [0, 0.05) is 22.1 Å². The van der Waals surface area contributed by atoms with Gasteiger partial charge in [-0.2, -0.15) is 5.10 Å². The summed E-state index contributed by atoms with van der Waals surface area (Å²) in [6.45, 7) is 6.55. The first-order valence-electron chi connectivity index (χ1n) is 8.21. The van der Waals surface area contributed by atoms with Crippen molar-refractivity contribution in [2.45, 2.75) is 27.3 Å². The van der Waals surface area contributed by atoms with Crippen LogP contribution in [0.5, 0.6) is 5.75 Å². The van der Waals surface area contributed by atoms with E-state index in [1.165, 1.54) is 0 Å². The minimum absolute atomic E-state index is 0.102. The zero-order valence-electron chi connectivity index (χ0n) is 14.7. The van der Waals surface area contributed by atoms with E-state index in [0.717, 1.165) is 27.9 Å². The Kier molecular flexibility index (Phi) is 5.08. The lowest BCUT2D eigenvalue weighted by molar-refractivity contribution is 0.0955. The summed E-state index contributed by atoms with van der Waals surface area (Å²) in [5.41, 5.74) is 5.84. The van der Waals surface area contributed by atoms with E-state index in [1.54, 1.807) is 37.3 Å². The molecular formula is C19H19BrN4O2. The molecule has 0 saturated heterocycles. The maximum atomic E-state index is 12.4. The summed E-state index contributed by atoms with van der Waals surface area (Å²) in [5, 5.41) is 14.0. The fourth-order valence-corrected chi connectivity index (χ4v) is 3.21.